The predicted octanol–water partition coefficient (Wildman–Crippen LogP) is 2.32. The van der Waals surface area contributed by atoms with E-state index in [4.69, 9.17) is 0 Å². The summed E-state index contributed by atoms with van der Waals surface area (Å²) >= 11 is 0. The van der Waals surface area contributed by atoms with Gasteiger partial charge >= 0.3 is 0 Å². The Morgan fingerprint density at radius 3 is 2.65 bits per heavy atom. The van der Waals surface area contributed by atoms with Gasteiger partial charge in [0.1, 0.15) is 0 Å². The van der Waals surface area contributed by atoms with Crippen LogP contribution >= 0.6 is 0 Å². The van der Waals surface area contributed by atoms with E-state index in [1.807, 2.05) is 0 Å². The minimum absolute atomic E-state index is 0.460. The molecule has 0 aromatic heterocycles. The van der Waals surface area contributed by atoms with Crippen molar-refractivity contribution in [2.45, 2.75) is 0 Å². The van der Waals surface area contributed by atoms with Crippen molar-refractivity contribution in [1.29, 1.82) is 0 Å². The molecule has 0 heterocycles. The van der Waals surface area contributed by atoms with E-state index in [-0.39, 0.29) is 0 Å². The molecule has 0 heteroatoms. The summed E-state index contributed by atoms with van der Waals surface area (Å²) in [4.78, 5) is 0. The maximum absolute atomic E-state index is 2.36. The molecule has 0 saturated carbocycles. The van der Waals surface area contributed by atoms with E-state index in [0.29, 0.717) is 5.92 Å². The summed E-state index contributed by atoms with van der Waals surface area (Å²) in [6.07, 6.45) is 6.90. The smallest absolute Gasteiger partial charge is 0.0223 e. The normalized spacial score (nSPS) is 19.3. The zero-order valence-corrected chi connectivity index (χ0v) is 9.43. The van der Waals surface area contributed by atoms with Gasteiger partial charge in [-0.25, -0.2) is 0 Å². The van der Waals surface area contributed by atoms with Crippen LogP contribution in [-0.2, 0) is 0 Å². The highest BCUT2D eigenvalue weighted by Crippen LogP contribution is 2.33. The van der Waals surface area contributed by atoms with Crippen LogP contribution in [0.1, 0.15) is 11.1 Å². The molecule has 2 aliphatic carbocycles. The third-order valence-electron chi connectivity index (χ3n) is 3.68. The van der Waals surface area contributed by atoms with E-state index in [0.717, 1.165) is 0 Å². The van der Waals surface area contributed by atoms with Crippen LogP contribution in [0.2, 0.25) is 0 Å². The molecule has 0 bridgehead atoms. The predicted molar refractivity (Wildman–Crippen MR) is 71.6 cm³/mol. The van der Waals surface area contributed by atoms with Crippen molar-refractivity contribution in [3.63, 3.8) is 0 Å². The van der Waals surface area contributed by atoms with E-state index >= 15 is 0 Å². The fraction of sp³-hybridized carbons (Fsp3) is 0.0588. The maximum atomic E-state index is 2.36. The number of hydrogen-bond donors (Lipinski definition) is 0. The van der Waals surface area contributed by atoms with Gasteiger partial charge in [0.25, 0.3) is 0 Å². The minimum Gasteiger partial charge on any atom is -0.0726 e. The van der Waals surface area contributed by atoms with Crippen molar-refractivity contribution < 1.29 is 0 Å². The first-order valence-electron chi connectivity index (χ1n) is 6.02. The van der Waals surface area contributed by atoms with Crippen LogP contribution < -0.4 is 10.4 Å². The zero-order valence-electron chi connectivity index (χ0n) is 9.43. The Morgan fingerprint density at radius 1 is 0.824 bits per heavy atom. The lowest BCUT2D eigenvalue weighted by atomic mass is 9.86. The van der Waals surface area contributed by atoms with E-state index < -0.39 is 0 Å². The summed E-state index contributed by atoms with van der Waals surface area (Å²) in [6.45, 7) is 0. The van der Waals surface area contributed by atoms with E-state index in [1.165, 1.54) is 27.1 Å². The summed E-state index contributed by atoms with van der Waals surface area (Å²) < 4.78 is 0. The molecule has 0 fully saturated rings. The van der Waals surface area contributed by atoms with Gasteiger partial charge in [-0.1, -0.05) is 66.8 Å². The van der Waals surface area contributed by atoms with Crippen LogP contribution in [0.25, 0.3) is 17.7 Å². The highest BCUT2D eigenvalue weighted by atomic mass is 14.2. The minimum atomic E-state index is 0.460. The fourth-order valence-corrected chi connectivity index (χ4v) is 2.92. The van der Waals surface area contributed by atoms with Crippen LogP contribution in [0, 0.1) is 5.92 Å². The van der Waals surface area contributed by atoms with Crippen molar-refractivity contribution >= 4 is 17.7 Å². The monoisotopic (exact) mass is 216 g/mol. The molecule has 0 aliphatic heterocycles. The van der Waals surface area contributed by atoms with Gasteiger partial charge in [-0.2, -0.15) is 0 Å². The molecule has 80 valence electrons. The summed E-state index contributed by atoms with van der Waals surface area (Å²) in [5.74, 6) is 0.460. The van der Waals surface area contributed by atoms with Crippen molar-refractivity contribution in [2.24, 2.45) is 5.92 Å². The molecule has 17 heavy (non-hydrogen) atoms. The maximum Gasteiger partial charge on any atom is 0.0223 e. The van der Waals surface area contributed by atoms with Crippen molar-refractivity contribution in [1.82, 2.24) is 0 Å². The highest BCUT2D eigenvalue weighted by molar-refractivity contribution is 5.86. The quantitative estimate of drug-likeness (QED) is 0.634. The van der Waals surface area contributed by atoms with Crippen LogP contribution in [0.4, 0.5) is 0 Å². The van der Waals surface area contributed by atoms with Gasteiger partial charge < -0.3 is 0 Å². The summed E-state index contributed by atoms with van der Waals surface area (Å²) in [5.41, 5.74) is 4.20. The molecule has 2 aliphatic rings. The SMILES string of the molecule is C1=CC2C=c3ccccc3=C2c2ccccc21. The Hall–Kier alpha value is -2.08. The molecule has 0 amide bonds. The molecule has 1 atom stereocenters. The molecule has 0 nitrogen and oxygen atoms in total. The molecule has 0 saturated heterocycles. The number of rotatable bonds is 0. The largest absolute Gasteiger partial charge is 0.0726 e. The van der Waals surface area contributed by atoms with Gasteiger partial charge in [0.05, 0.1) is 0 Å². The van der Waals surface area contributed by atoms with Crippen LogP contribution in [0.3, 0.4) is 0 Å². The highest BCUT2D eigenvalue weighted by Gasteiger charge is 2.21. The Bertz CT molecular complexity index is 748. The fourth-order valence-electron chi connectivity index (χ4n) is 2.92. The van der Waals surface area contributed by atoms with Gasteiger partial charge in [0.15, 0.2) is 0 Å². The van der Waals surface area contributed by atoms with Crippen molar-refractivity contribution in [2.75, 3.05) is 0 Å². The molecule has 2 aromatic rings. The third-order valence-corrected chi connectivity index (χ3v) is 3.68. The zero-order chi connectivity index (χ0) is 11.2. The number of benzene rings is 2. The van der Waals surface area contributed by atoms with Crippen LogP contribution in [0.15, 0.2) is 54.6 Å². The standard InChI is InChI=1S/C17H12/c1-3-7-15-12(5-1)9-10-14-11-13-6-2-4-8-16(13)17(14)15/h1-11,14H. The Morgan fingerprint density at radius 2 is 1.65 bits per heavy atom. The first-order chi connectivity index (χ1) is 8.43. The average molecular weight is 216 g/mol. The summed E-state index contributed by atoms with van der Waals surface area (Å²) in [6, 6.07) is 17.3. The van der Waals surface area contributed by atoms with Crippen LogP contribution in [0.5, 0.6) is 0 Å². The molecule has 1 unspecified atom stereocenters. The molecule has 0 radical (unpaired) electrons. The topological polar surface area (TPSA) is 0 Å². The van der Waals surface area contributed by atoms with E-state index in [1.54, 1.807) is 0 Å². The third kappa shape index (κ3) is 1.18. The number of allylic oxidation sites excluding steroid dienone is 1. The summed E-state index contributed by atoms with van der Waals surface area (Å²) in [7, 11) is 0. The van der Waals surface area contributed by atoms with Gasteiger partial charge in [-0.15, -0.1) is 0 Å². The second kappa shape index (κ2) is 3.21. The first kappa shape index (κ1) is 9.00. The number of fused-ring (bicyclic) bond motifs is 4. The lowest BCUT2D eigenvalue weighted by Gasteiger charge is -2.18. The lowest BCUT2D eigenvalue weighted by Crippen LogP contribution is -2.22. The van der Waals surface area contributed by atoms with Crippen molar-refractivity contribution in [3.05, 3.63) is 76.2 Å². The van der Waals surface area contributed by atoms with Gasteiger partial charge in [0.2, 0.25) is 0 Å². The first-order valence-corrected chi connectivity index (χ1v) is 6.02. The van der Waals surface area contributed by atoms with Crippen molar-refractivity contribution in [3.8, 4) is 0 Å². The van der Waals surface area contributed by atoms with Crippen LogP contribution in [-0.4, -0.2) is 0 Å². The van der Waals surface area contributed by atoms with E-state index in [2.05, 4.69) is 66.8 Å². The molecular formula is C17H12. The van der Waals surface area contributed by atoms with Gasteiger partial charge in [0, 0.05) is 5.92 Å². The molecule has 2 aromatic carbocycles. The Balaban J connectivity index is 2.18. The number of hydrogen-bond acceptors (Lipinski definition) is 0. The molecule has 4 rings (SSSR count). The molecule has 0 spiro atoms. The Kier molecular flexibility index (Phi) is 1.70. The lowest BCUT2D eigenvalue weighted by molar-refractivity contribution is 1.16. The average Bonchev–Trinajstić information content (AvgIpc) is 2.77. The molecule has 0 N–H and O–H groups in total. The van der Waals surface area contributed by atoms with Gasteiger partial charge in [-0.05, 0) is 27.1 Å². The summed E-state index contributed by atoms with van der Waals surface area (Å²) in [5, 5.41) is 2.77. The van der Waals surface area contributed by atoms with Gasteiger partial charge in [-0.3, -0.25) is 0 Å². The molecular weight excluding hydrogens is 204 g/mol. The second-order valence-electron chi connectivity index (χ2n) is 4.64. The van der Waals surface area contributed by atoms with E-state index in [9.17, 15) is 0 Å². The second-order valence-corrected chi connectivity index (χ2v) is 4.64. The Labute approximate surface area is 100 Å².